The van der Waals surface area contributed by atoms with Crippen LogP contribution < -0.4 is 0 Å². The van der Waals surface area contributed by atoms with Crippen molar-refractivity contribution < 1.29 is 14.2 Å². The van der Waals surface area contributed by atoms with Gasteiger partial charge in [-0.3, -0.25) is 0 Å². The van der Waals surface area contributed by atoms with Gasteiger partial charge in [0, 0.05) is 0 Å². The molecule has 0 spiro atoms. The fourth-order valence-electron chi connectivity index (χ4n) is 5.18. The number of ether oxygens (including phenoxy) is 3. The van der Waals surface area contributed by atoms with Gasteiger partial charge in [0.05, 0.1) is 13.2 Å². The monoisotopic (exact) mass is 450 g/mol. The van der Waals surface area contributed by atoms with E-state index < -0.39 is 0 Å². The summed E-state index contributed by atoms with van der Waals surface area (Å²) in [5.41, 5.74) is 8.17. The van der Waals surface area contributed by atoms with Crippen LogP contribution in [-0.2, 0) is 14.2 Å². The summed E-state index contributed by atoms with van der Waals surface area (Å²) in [6.07, 6.45) is 0.0422. The fraction of sp³-hybridized carbons (Fsp3) is 0.600. The Morgan fingerprint density at radius 3 is 1.06 bits per heavy atom. The van der Waals surface area contributed by atoms with Crippen LogP contribution in [0.5, 0.6) is 0 Å². The van der Waals surface area contributed by atoms with E-state index in [9.17, 15) is 0 Å². The van der Waals surface area contributed by atoms with Gasteiger partial charge in [0.25, 0.3) is 0 Å². The molecule has 0 amide bonds. The first-order valence-corrected chi connectivity index (χ1v) is 12.8. The largest absolute Gasteiger partial charge is 0.370 e. The predicted octanol–water partition coefficient (Wildman–Crippen LogP) is 7.78. The summed E-state index contributed by atoms with van der Waals surface area (Å²) in [5.74, 6) is 1.70. The highest BCUT2D eigenvalue weighted by atomic mass is 16.6. The van der Waals surface area contributed by atoms with Crippen LogP contribution in [0.1, 0.15) is 125 Å². The Hall–Kier alpha value is -1.68. The van der Waals surface area contributed by atoms with E-state index in [2.05, 4.69) is 91.8 Å². The minimum Gasteiger partial charge on any atom is -0.370 e. The van der Waals surface area contributed by atoms with Crippen molar-refractivity contribution in [3.63, 3.8) is 0 Å². The van der Waals surface area contributed by atoms with Crippen LogP contribution in [0.4, 0.5) is 0 Å². The third-order valence-corrected chi connectivity index (χ3v) is 7.09. The standard InChI is InChI=1S/C30H42O3/c1-17(2)21-11-9-12-22(18(3)4)27(21)29(25-15-31-25)33-30(26-16-32-26)28-23(19(5)6)13-10-14-24(28)20(7)8/h9-14,17-20,25-26,29-30H,15-16H2,1-8H3. The Morgan fingerprint density at radius 1 is 0.576 bits per heavy atom. The molecule has 2 fully saturated rings. The van der Waals surface area contributed by atoms with Crippen LogP contribution in [0.2, 0.25) is 0 Å². The topological polar surface area (TPSA) is 34.3 Å². The summed E-state index contributed by atoms with van der Waals surface area (Å²) < 4.78 is 19.0. The molecule has 0 aromatic heterocycles. The van der Waals surface area contributed by atoms with E-state index in [1.54, 1.807) is 0 Å². The van der Waals surface area contributed by atoms with Gasteiger partial charge >= 0.3 is 0 Å². The molecule has 2 aliphatic heterocycles. The second kappa shape index (κ2) is 9.90. The summed E-state index contributed by atoms with van der Waals surface area (Å²) in [4.78, 5) is 0. The first-order valence-electron chi connectivity index (χ1n) is 12.8. The Morgan fingerprint density at radius 2 is 0.848 bits per heavy atom. The second-order valence-corrected chi connectivity index (χ2v) is 11.0. The van der Waals surface area contributed by atoms with Crippen LogP contribution in [0.25, 0.3) is 0 Å². The van der Waals surface area contributed by atoms with Gasteiger partial charge in [-0.1, -0.05) is 91.8 Å². The van der Waals surface area contributed by atoms with Crippen molar-refractivity contribution in [2.24, 2.45) is 0 Å². The minimum atomic E-state index is -0.0876. The van der Waals surface area contributed by atoms with Crippen molar-refractivity contribution in [3.8, 4) is 0 Å². The molecule has 2 aromatic carbocycles. The first kappa shape index (κ1) is 24.4. The van der Waals surface area contributed by atoms with Crippen molar-refractivity contribution in [1.82, 2.24) is 0 Å². The van der Waals surface area contributed by atoms with Gasteiger partial charge in [-0.2, -0.15) is 0 Å². The number of epoxide rings is 2. The molecule has 3 heteroatoms. The van der Waals surface area contributed by atoms with Crippen molar-refractivity contribution in [2.75, 3.05) is 13.2 Å². The summed E-state index contributed by atoms with van der Waals surface area (Å²) in [5, 5.41) is 0. The molecule has 2 aromatic rings. The molecule has 4 unspecified atom stereocenters. The molecule has 3 nitrogen and oxygen atoms in total. The molecule has 33 heavy (non-hydrogen) atoms. The normalized spacial score (nSPS) is 21.8. The number of hydrogen-bond acceptors (Lipinski definition) is 3. The van der Waals surface area contributed by atoms with Gasteiger partial charge in [0.15, 0.2) is 0 Å². The second-order valence-electron chi connectivity index (χ2n) is 11.0. The van der Waals surface area contributed by atoms with Crippen LogP contribution >= 0.6 is 0 Å². The molecule has 2 heterocycles. The maximum absolute atomic E-state index is 7.18. The maximum atomic E-state index is 7.18. The lowest BCUT2D eigenvalue weighted by atomic mass is 9.83. The lowest BCUT2D eigenvalue weighted by Gasteiger charge is -2.32. The molecule has 2 aliphatic rings. The van der Waals surface area contributed by atoms with Crippen molar-refractivity contribution in [1.29, 1.82) is 0 Å². The quantitative estimate of drug-likeness (QED) is 0.347. The van der Waals surface area contributed by atoms with Gasteiger partial charge < -0.3 is 14.2 Å². The highest BCUT2D eigenvalue weighted by Gasteiger charge is 2.45. The van der Waals surface area contributed by atoms with Crippen molar-refractivity contribution >= 4 is 0 Å². The fourth-order valence-corrected chi connectivity index (χ4v) is 5.18. The predicted molar refractivity (Wildman–Crippen MR) is 135 cm³/mol. The van der Waals surface area contributed by atoms with E-state index in [4.69, 9.17) is 14.2 Å². The Labute approximate surface area is 200 Å². The highest BCUT2D eigenvalue weighted by molar-refractivity contribution is 5.44. The van der Waals surface area contributed by atoms with E-state index in [1.807, 2.05) is 0 Å². The van der Waals surface area contributed by atoms with Crippen LogP contribution in [-0.4, -0.2) is 25.4 Å². The molecule has 180 valence electrons. The molecular weight excluding hydrogens is 408 g/mol. The van der Waals surface area contributed by atoms with E-state index in [-0.39, 0.29) is 24.4 Å². The highest BCUT2D eigenvalue weighted by Crippen LogP contribution is 2.47. The van der Waals surface area contributed by atoms with E-state index in [0.717, 1.165) is 13.2 Å². The molecule has 0 bridgehead atoms. The van der Waals surface area contributed by atoms with Crippen LogP contribution in [0.3, 0.4) is 0 Å². The minimum absolute atomic E-state index is 0.0876. The summed E-state index contributed by atoms with van der Waals surface area (Å²) in [6.45, 7) is 19.7. The van der Waals surface area contributed by atoms with E-state index in [1.165, 1.54) is 33.4 Å². The van der Waals surface area contributed by atoms with E-state index in [0.29, 0.717) is 23.7 Å². The van der Waals surface area contributed by atoms with Crippen molar-refractivity contribution in [2.45, 2.75) is 103 Å². The number of hydrogen-bond donors (Lipinski definition) is 0. The average molecular weight is 451 g/mol. The number of benzene rings is 2. The first-order chi connectivity index (χ1) is 15.7. The number of rotatable bonds is 10. The van der Waals surface area contributed by atoms with Crippen LogP contribution in [0, 0.1) is 0 Å². The third-order valence-electron chi connectivity index (χ3n) is 7.09. The zero-order valence-electron chi connectivity index (χ0n) is 21.7. The third kappa shape index (κ3) is 5.21. The summed E-state index contributed by atoms with van der Waals surface area (Å²) >= 11 is 0. The molecule has 0 saturated carbocycles. The zero-order chi connectivity index (χ0) is 23.9. The molecule has 2 saturated heterocycles. The Bertz CT molecular complexity index is 821. The Kier molecular flexibility index (Phi) is 7.33. The van der Waals surface area contributed by atoms with Gasteiger partial charge in [-0.15, -0.1) is 0 Å². The molecule has 0 N–H and O–H groups in total. The lowest BCUT2D eigenvalue weighted by Crippen LogP contribution is -2.24. The molecule has 0 radical (unpaired) electrons. The van der Waals surface area contributed by atoms with E-state index >= 15 is 0 Å². The Balaban J connectivity index is 1.83. The van der Waals surface area contributed by atoms with Gasteiger partial charge in [0.2, 0.25) is 0 Å². The SMILES string of the molecule is CC(C)c1cccc(C(C)C)c1C(OC(c1c(C(C)C)cccc1C(C)C)C1CO1)C1CO1. The van der Waals surface area contributed by atoms with Crippen molar-refractivity contribution in [3.05, 3.63) is 69.8 Å². The summed E-state index contributed by atoms with van der Waals surface area (Å²) in [6, 6.07) is 13.5. The smallest absolute Gasteiger partial charge is 0.112 e. The maximum Gasteiger partial charge on any atom is 0.112 e. The molecule has 0 aliphatic carbocycles. The average Bonchev–Trinajstić information content (AvgIpc) is 3.67. The van der Waals surface area contributed by atoms with Gasteiger partial charge in [0.1, 0.15) is 24.4 Å². The van der Waals surface area contributed by atoms with Gasteiger partial charge in [-0.25, -0.2) is 0 Å². The lowest BCUT2D eigenvalue weighted by molar-refractivity contribution is -0.0437. The molecule has 4 rings (SSSR count). The van der Waals surface area contributed by atoms with Crippen LogP contribution in [0.15, 0.2) is 36.4 Å². The molecule has 4 atom stereocenters. The molecular formula is C30H42O3. The van der Waals surface area contributed by atoms with Gasteiger partial charge in [-0.05, 0) is 57.1 Å². The zero-order valence-corrected chi connectivity index (χ0v) is 21.7. The summed E-state index contributed by atoms with van der Waals surface area (Å²) in [7, 11) is 0.